The molecule has 0 fully saturated rings. The van der Waals surface area contributed by atoms with E-state index in [0.29, 0.717) is 11.3 Å². The first-order chi connectivity index (χ1) is 8.33. The molecule has 2 aliphatic rings. The van der Waals surface area contributed by atoms with Crippen LogP contribution in [-0.4, -0.2) is 32.3 Å². The highest BCUT2D eigenvalue weighted by Crippen LogP contribution is 2.34. The van der Waals surface area contributed by atoms with Gasteiger partial charge in [0.05, 0.1) is 19.2 Å². The van der Waals surface area contributed by atoms with E-state index >= 15 is 0 Å². The van der Waals surface area contributed by atoms with Gasteiger partial charge in [0.15, 0.2) is 6.29 Å². The van der Waals surface area contributed by atoms with Crippen LogP contribution in [0.3, 0.4) is 0 Å². The number of nitrogens with zero attached hydrogens (tertiary/aromatic N) is 2. The van der Waals surface area contributed by atoms with Gasteiger partial charge in [0.1, 0.15) is 11.6 Å². The molecule has 1 aromatic carbocycles. The van der Waals surface area contributed by atoms with Crippen LogP contribution in [0.15, 0.2) is 17.1 Å². The Labute approximate surface area is 99.9 Å². The summed E-state index contributed by atoms with van der Waals surface area (Å²) in [5, 5.41) is 0. The molecular formula is C13H14N2O2. The number of amidine groups is 1. The van der Waals surface area contributed by atoms with Crippen LogP contribution < -0.4 is 9.64 Å². The first-order valence-corrected chi connectivity index (χ1v) is 5.80. The minimum absolute atomic E-state index is 0.611. The van der Waals surface area contributed by atoms with Gasteiger partial charge in [-0.15, -0.1) is 0 Å². The predicted octanol–water partition coefficient (Wildman–Crippen LogP) is 1.67. The molecule has 0 aliphatic carbocycles. The number of aliphatic imine (C=N–C) groups is 1. The van der Waals surface area contributed by atoms with Gasteiger partial charge in [0, 0.05) is 18.7 Å². The highest BCUT2D eigenvalue weighted by atomic mass is 16.5. The normalized spacial score (nSPS) is 17.2. The SMILES string of the molecule is COc1cc2c(cc1C=O)N1CCN=C1CC2. The van der Waals surface area contributed by atoms with Crippen LogP contribution in [0.25, 0.3) is 0 Å². The maximum Gasteiger partial charge on any atom is 0.153 e. The van der Waals surface area contributed by atoms with Crippen LogP contribution in [0.1, 0.15) is 22.3 Å². The quantitative estimate of drug-likeness (QED) is 0.726. The lowest BCUT2D eigenvalue weighted by Crippen LogP contribution is -2.32. The van der Waals surface area contributed by atoms with Gasteiger partial charge >= 0.3 is 0 Å². The summed E-state index contributed by atoms with van der Waals surface area (Å²) in [6.45, 7) is 1.78. The molecule has 0 radical (unpaired) electrons. The largest absolute Gasteiger partial charge is 0.496 e. The summed E-state index contributed by atoms with van der Waals surface area (Å²) < 4.78 is 5.23. The molecule has 0 amide bonds. The second-order valence-electron chi connectivity index (χ2n) is 4.29. The summed E-state index contributed by atoms with van der Waals surface area (Å²) in [5.74, 6) is 1.82. The summed E-state index contributed by atoms with van der Waals surface area (Å²) >= 11 is 0. The fraction of sp³-hybridized carbons (Fsp3) is 0.385. The van der Waals surface area contributed by atoms with Crippen molar-refractivity contribution >= 4 is 17.8 Å². The van der Waals surface area contributed by atoms with E-state index in [1.54, 1.807) is 7.11 Å². The summed E-state index contributed by atoms with van der Waals surface area (Å²) in [7, 11) is 1.60. The Bertz CT molecular complexity index is 508. The molecule has 88 valence electrons. The van der Waals surface area contributed by atoms with Crippen LogP contribution in [-0.2, 0) is 6.42 Å². The molecule has 0 N–H and O–H groups in total. The average Bonchev–Trinajstić information content (AvgIpc) is 2.85. The van der Waals surface area contributed by atoms with Crippen LogP contribution >= 0.6 is 0 Å². The van der Waals surface area contributed by atoms with Crippen molar-refractivity contribution in [2.45, 2.75) is 12.8 Å². The molecule has 0 bridgehead atoms. The maximum atomic E-state index is 11.0. The summed E-state index contributed by atoms with van der Waals surface area (Å²) in [6, 6.07) is 3.90. The van der Waals surface area contributed by atoms with Crippen molar-refractivity contribution in [2.24, 2.45) is 4.99 Å². The molecule has 2 heterocycles. The number of anilines is 1. The van der Waals surface area contributed by atoms with Gasteiger partial charge in [-0.3, -0.25) is 9.79 Å². The van der Waals surface area contributed by atoms with Crippen molar-refractivity contribution in [3.8, 4) is 5.75 Å². The Morgan fingerprint density at radius 3 is 3.06 bits per heavy atom. The van der Waals surface area contributed by atoms with E-state index in [0.717, 1.165) is 43.7 Å². The molecular weight excluding hydrogens is 216 g/mol. The first-order valence-electron chi connectivity index (χ1n) is 5.80. The minimum atomic E-state index is 0.611. The maximum absolute atomic E-state index is 11.0. The smallest absolute Gasteiger partial charge is 0.153 e. The zero-order chi connectivity index (χ0) is 11.8. The average molecular weight is 230 g/mol. The third-order valence-corrected chi connectivity index (χ3v) is 3.40. The van der Waals surface area contributed by atoms with Gasteiger partial charge in [-0.2, -0.15) is 0 Å². The molecule has 4 heteroatoms. The number of aldehydes is 1. The van der Waals surface area contributed by atoms with E-state index in [4.69, 9.17) is 4.74 Å². The fourth-order valence-corrected chi connectivity index (χ4v) is 2.56. The minimum Gasteiger partial charge on any atom is -0.496 e. The molecule has 0 saturated heterocycles. The van der Waals surface area contributed by atoms with Gasteiger partial charge in [-0.1, -0.05) is 0 Å². The van der Waals surface area contributed by atoms with Crippen molar-refractivity contribution in [1.82, 2.24) is 0 Å². The molecule has 4 nitrogen and oxygen atoms in total. The summed E-state index contributed by atoms with van der Waals surface area (Å²) in [5.41, 5.74) is 2.98. The van der Waals surface area contributed by atoms with Crippen molar-refractivity contribution in [3.63, 3.8) is 0 Å². The van der Waals surface area contributed by atoms with Crippen LogP contribution in [0.4, 0.5) is 5.69 Å². The highest BCUT2D eigenvalue weighted by Gasteiger charge is 2.26. The standard InChI is InChI=1S/C13H14N2O2/c1-17-12-7-9-2-3-13-14-4-5-15(13)11(9)6-10(12)8-16/h6-8H,2-5H2,1H3. The Morgan fingerprint density at radius 2 is 2.29 bits per heavy atom. The Kier molecular flexibility index (Phi) is 2.35. The van der Waals surface area contributed by atoms with E-state index < -0.39 is 0 Å². The molecule has 17 heavy (non-hydrogen) atoms. The lowest BCUT2D eigenvalue weighted by atomic mass is 9.98. The number of hydrogen-bond acceptors (Lipinski definition) is 4. The van der Waals surface area contributed by atoms with Crippen molar-refractivity contribution in [1.29, 1.82) is 0 Å². The number of fused-ring (bicyclic) bond motifs is 3. The van der Waals surface area contributed by atoms with Gasteiger partial charge in [-0.25, -0.2) is 0 Å². The zero-order valence-electron chi connectivity index (χ0n) is 9.77. The predicted molar refractivity (Wildman–Crippen MR) is 66.4 cm³/mol. The summed E-state index contributed by atoms with van der Waals surface area (Å²) in [4.78, 5) is 17.7. The van der Waals surface area contributed by atoms with E-state index in [1.807, 2.05) is 12.1 Å². The third kappa shape index (κ3) is 1.52. The Balaban J connectivity index is 2.12. The molecule has 0 saturated carbocycles. The highest BCUT2D eigenvalue weighted by molar-refractivity contribution is 6.02. The van der Waals surface area contributed by atoms with E-state index in [1.165, 1.54) is 5.56 Å². The molecule has 0 atom stereocenters. The first kappa shape index (κ1) is 10.3. The van der Waals surface area contributed by atoms with Gasteiger partial charge < -0.3 is 9.64 Å². The second kappa shape index (κ2) is 3.87. The molecule has 0 spiro atoms. The topological polar surface area (TPSA) is 41.9 Å². The molecule has 3 rings (SSSR count). The third-order valence-electron chi connectivity index (χ3n) is 3.40. The lowest BCUT2D eigenvalue weighted by Gasteiger charge is -2.29. The molecule has 0 unspecified atom stereocenters. The van der Waals surface area contributed by atoms with E-state index in [9.17, 15) is 4.79 Å². The summed E-state index contributed by atoms with van der Waals surface area (Å²) in [6.07, 6.45) is 2.80. The number of ether oxygens (including phenoxy) is 1. The van der Waals surface area contributed by atoms with Crippen molar-refractivity contribution in [2.75, 3.05) is 25.1 Å². The number of aryl methyl sites for hydroxylation is 1. The van der Waals surface area contributed by atoms with Crippen molar-refractivity contribution in [3.05, 3.63) is 23.3 Å². The number of methoxy groups -OCH3 is 1. The number of carbonyl (C=O) groups is 1. The number of benzene rings is 1. The lowest BCUT2D eigenvalue weighted by molar-refractivity contribution is 0.112. The van der Waals surface area contributed by atoms with Gasteiger partial charge in [0.2, 0.25) is 0 Å². The monoisotopic (exact) mass is 230 g/mol. The van der Waals surface area contributed by atoms with Crippen LogP contribution in [0, 0.1) is 0 Å². The number of hydrogen-bond donors (Lipinski definition) is 0. The second-order valence-corrected chi connectivity index (χ2v) is 4.29. The van der Waals surface area contributed by atoms with Gasteiger partial charge in [0.25, 0.3) is 0 Å². The van der Waals surface area contributed by atoms with E-state index in [2.05, 4.69) is 9.89 Å². The van der Waals surface area contributed by atoms with Gasteiger partial charge in [-0.05, 0) is 24.1 Å². The van der Waals surface area contributed by atoms with E-state index in [-0.39, 0.29) is 0 Å². The molecule has 1 aromatic rings. The Morgan fingerprint density at radius 1 is 1.41 bits per heavy atom. The van der Waals surface area contributed by atoms with Crippen LogP contribution in [0.2, 0.25) is 0 Å². The Hall–Kier alpha value is -1.84. The fourth-order valence-electron chi connectivity index (χ4n) is 2.56. The molecule has 0 aromatic heterocycles. The van der Waals surface area contributed by atoms with Crippen molar-refractivity contribution < 1.29 is 9.53 Å². The number of rotatable bonds is 2. The van der Waals surface area contributed by atoms with Crippen LogP contribution in [0.5, 0.6) is 5.75 Å². The number of carbonyl (C=O) groups excluding carboxylic acids is 1. The molecule has 2 aliphatic heterocycles. The zero-order valence-corrected chi connectivity index (χ0v) is 9.77.